The molecule has 5 heteroatoms. The molecule has 3 aromatic heterocycles. The number of hydrogen-bond acceptors (Lipinski definition) is 4. The molecule has 68 heavy (non-hydrogen) atoms. The highest BCUT2D eigenvalue weighted by atomic mass is 16.3. The van der Waals surface area contributed by atoms with Gasteiger partial charge in [-0.1, -0.05) is 188 Å². The van der Waals surface area contributed by atoms with Crippen molar-refractivity contribution in [2.45, 2.75) is 0 Å². The molecule has 10 aromatic carbocycles. The fourth-order valence-electron chi connectivity index (χ4n) is 9.74. The van der Waals surface area contributed by atoms with E-state index in [1.165, 1.54) is 33.0 Å². The molecule has 0 amide bonds. The molecule has 0 saturated carbocycles. The molecule has 318 valence electrons. The molecular formula is C63H40N4O. The monoisotopic (exact) mass is 868 g/mol. The predicted molar refractivity (Wildman–Crippen MR) is 279 cm³/mol. The standard InChI is InChI=1S/C63H40N4O/c1-5-16-41(17-6-1)44-28-30-46(31-29-44)61-64-62(66-63(65-61)52-26-15-25-51-50-24-13-14-27-59(50)68-60(51)52)49-34-37-56(53(40-49)45-22-11-4-12-23-45)67-57-35-32-47(42-18-7-2-8-19-42)38-54(57)55-39-48(33-36-58(55)67)43-20-9-3-10-21-43/h1-40H. The van der Waals surface area contributed by atoms with Crippen molar-refractivity contribution >= 4 is 43.7 Å². The van der Waals surface area contributed by atoms with Gasteiger partial charge in [-0.2, -0.15) is 0 Å². The fourth-order valence-corrected chi connectivity index (χ4v) is 9.74. The van der Waals surface area contributed by atoms with Crippen LogP contribution in [0.25, 0.3) is 128 Å². The summed E-state index contributed by atoms with van der Waals surface area (Å²) < 4.78 is 8.98. The first kappa shape index (κ1) is 39.2. The van der Waals surface area contributed by atoms with Crippen LogP contribution in [0.1, 0.15) is 0 Å². The number of hydrogen-bond donors (Lipinski definition) is 0. The van der Waals surface area contributed by atoms with Crippen LogP contribution in [0.2, 0.25) is 0 Å². The third-order valence-corrected chi connectivity index (χ3v) is 13.1. The van der Waals surface area contributed by atoms with Crippen molar-refractivity contribution in [1.82, 2.24) is 19.5 Å². The second kappa shape index (κ2) is 16.4. The Morgan fingerprint density at radius 1 is 0.279 bits per heavy atom. The van der Waals surface area contributed by atoms with E-state index in [1.54, 1.807) is 0 Å². The summed E-state index contributed by atoms with van der Waals surface area (Å²) in [6.07, 6.45) is 0. The molecule has 0 atom stereocenters. The Morgan fingerprint density at radius 2 is 0.735 bits per heavy atom. The van der Waals surface area contributed by atoms with E-state index in [1.807, 2.05) is 30.3 Å². The van der Waals surface area contributed by atoms with Crippen molar-refractivity contribution in [2.75, 3.05) is 0 Å². The van der Waals surface area contributed by atoms with Crippen LogP contribution in [0, 0.1) is 0 Å². The summed E-state index contributed by atoms with van der Waals surface area (Å²) in [7, 11) is 0. The predicted octanol–water partition coefficient (Wildman–Crippen LogP) is 16.5. The highest BCUT2D eigenvalue weighted by molar-refractivity contribution is 6.12. The number of rotatable bonds is 8. The Kier molecular flexibility index (Phi) is 9.43. The molecule has 0 saturated heterocycles. The van der Waals surface area contributed by atoms with E-state index in [9.17, 15) is 0 Å². The minimum Gasteiger partial charge on any atom is -0.455 e. The largest absolute Gasteiger partial charge is 0.455 e. The first-order valence-corrected chi connectivity index (χ1v) is 22.9. The summed E-state index contributed by atoms with van der Waals surface area (Å²) in [6.45, 7) is 0. The number of para-hydroxylation sites is 2. The smallest absolute Gasteiger partial charge is 0.167 e. The van der Waals surface area contributed by atoms with Crippen molar-refractivity contribution in [3.63, 3.8) is 0 Å². The lowest BCUT2D eigenvalue weighted by molar-refractivity contribution is 0.669. The molecule has 5 nitrogen and oxygen atoms in total. The van der Waals surface area contributed by atoms with Crippen LogP contribution in [0.3, 0.4) is 0 Å². The minimum absolute atomic E-state index is 0.540. The third-order valence-electron chi connectivity index (χ3n) is 13.1. The van der Waals surface area contributed by atoms with Gasteiger partial charge in [0.2, 0.25) is 0 Å². The lowest BCUT2D eigenvalue weighted by Gasteiger charge is -2.16. The summed E-state index contributed by atoms with van der Waals surface area (Å²) in [5, 5.41) is 4.44. The number of fused-ring (bicyclic) bond motifs is 6. The van der Waals surface area contributed by atoms with E-state index >= 15 is 0 Å². The molecule has 0 N–H and O–H groups in total. The van der Waals surface area contributed by atoms with Gasteiger partial charge in [0.05, 0.1) is 22.3 Å². The van der Waals surface area contributed by atoms with Crippen LogP contribution in [0.4, 0.5) is 0 Å². The number of nitrogens with zero attached hydrogens (tertiary/aromatic N) is 4. The number of aromatic nitrogens is 4. The van der Waals surface area contributed by atoms with Crippen LogP contribution in [0.5, 0.6) is 0 Å². The fraction of sp³-hybridized carbons (Fsp3) is 0. The molecule has 0 aliphatic rings. The van der Waals surface area contributed by atoms with E-state index < -0.39 is 0 Å². The summed E-state index contributed by atoms with van der Waals surface area (Å²) >= 11 is 0. The van der Waals surface area contributed by atoms with E-state index in [4.69, 9.17) is 19.4 Å². The first-order chi connectivity index (χ1) is 33.7. The van der Waals surface area contributed by atoms with Gasteiger partial charge < -0.3 is 8.98 Å². The molecular weight excluding hydrogens is 829 g/mol. The van der Waals surface area contributed by atoms with Crippen LogP contribution in [-0.4, -0.2) is 19.5 Å². The zero-order valence-electron chi connectivity index (χ0n) is 36.8. The van der Waals surface area contributed by atoms with E-state index in [-0.39, 0.29) is 0 Å². The summed E-state index contributed by atoms with van der Waals surface area (Å²) in [4.78, 5) is 15.8. The van der Waals surface area contributed by atoms with Crippen LogP contribution >= 0.6 is 0 Å². The summed E-state index contributed by atoms with van der Waals surface area (Å²) in [5.41, 5.74) is 16.6. The maximum atomic E-state index is 6.56. The van der Waals surface area contributed by atoms with Crippen molar-refractivity contribution < 1.29 is 4.42 Å². The summed E-state index contributed by atoms with van der Waals surface area (Å²) in [6, 6.07) is 85.4. The summed E-state index contributed by atoms with van der Waals surface area (Å²) in [5.74, 6) is 1.68. The Morgan fingerprint density at radius 3 is 1.35 bits per heavy atom. The number of benzene rings is 10. The Balaban J connectivity index is 1.02. The average Bonchev–Trinajstić information content (AvgIpc) is 3.97. The van der Waals surface area contributed by atoms with Crippen molar-refractivity contribution in [1.29, 1.82) is 0 Å². The quantitative estimate of drug-likeness (QED) is 0.153. The van der Waals surface area contributed by atoms with Gasteiger partial charge in [0, 0.05) is 38.2 Å². The van der Waals surface area contributed by atoms with E-state index in [2.05, 4.69) is 217 Å². The number of furan rings is 1. The van der Waals surface area contributed by atoms with E-state index in [0.29, 0.717) is 17.5 Å². The molecule has 0 unspecified atom stereocenters. The molecule has 13 rings (SSSR count). The Labute approximate surface area is 392 Å². The second-order valence-corrected chi connectivity index (χ2v) is 17.2. The lowest BCUT2D eigenvalue weighted by atomic mass is 9.99. The molecule has 0 bridgehead atoms. The third kappa shape index (κ3) is 6.84. The van der Waals surface area contributed by atoms with Gasteiger partial charge in [0.25, 0.3) is 0 Å². The van der Waals surface area contributed by atoms with Gasteiger partial charge in [0.15, 0.2) is 17.5 Å². The molecule has 13 aromatic rings. The van der Waals surface area contributed by atoms with Gasteiger partial charge in [-0.15, -0.1) is 0 Å². The molecule has 0 aliphatic heterocycles. The minimum atomic E-state index is 0.540. The highest BCUT2D eigenvalue weighted by Gasteiger charge is 2.21. The maximum absolute atomic E-state index is 6.56. The van der Waals surface area contributed by atoms with Crippen LogP contribution in [-0.2, 0) is 0 Å². The van der Waals surface area contributed by atoms with Crippen LogP contribution < -0.4 is 0 Å². The molecule has 0 radical (unpaired) electrons. The van der Waals surface area contributed by atoms with Crippen molar-refractivity contribution in [3.8, 4) is 84.4 Å². The second-order valence-electron chi connectivity index (χ2n) is 17.2. The van der Waals surface area contributed by atoms with E-state index in [0.717, 1.165) is 77.6 Å². The molecule has 0 aliphatic carbocycles. The first-order valence-electron chi connectivity index (χ1n) is 22.9. The van der Waals surface area contributed by atoms with Gasteiger partial charge in [-0.25, -0.2) is 15.0 Å². The molecule has 0 fully saturated rings. The van der Waals surface area contributed by atoms with Crippen molar-refractivity contribution in [3.05, 3.63) is 243 Å². The topological polar surface area (TPSA) is 56.7 Å². The lowest BCUT2D eigenvalue weighted by Crippen LogP contribution is -2.02. The highest BCUT2D eigenvalue weighted by Crippen LogP contribution is 2.42. The van der Waals surface area contributed by atoms with Gasteiger partial charge in [0.1, 0.15) is 11.2 Å². The Bertz CT molecular complexity index is 3890. The van der Waals surface area contributed by atoms with Crippen LogP contribution in [0.15, 0.2) is 247 Å². The Hall–Kier alpha value is -9.19. The average molecular weight is 869 g/mol. The normalized spacial score (nSPS) is 11.5. The maximum Gasteiger partial charge on any atom is 0.167 e. The SMILES string of the molecule is c1ccc(-c2ccc(-c3nc(-c4ccc(-n5c6ccc(-c7ccccc7)cc6c6cc(-c7ccccc7)ccc65)c(-c5ccccc5)c4)nc(-c4cccc5c4oc4ccccc45)n3)cc2)cc1. The van der Waals surface area contributed by atoms with Gasteiger partial charge in [-0.05, 0) is 93.5 Å². The van der Waals surface area contributed by atoms with Gasteiger partial charge >= 0.3 is 0 Å². The zero-order valence-corrected chi connectivity index (χ0v) is 36.8. The van der Waals surface area contributed by atoms with Crippen molar-refractivity contribution in [2.24, 2.45) is 0 Å². The molecule has 3 heterocycles. The van der Waals surface area contributed by atoms with Gasteiger partial charge in [-0.3, -0.25) is 0 Å². The molecule has 0 spiro atoms. The zero-order chi connectivity index (χ0) is 45.0.